The molecule has 44 valence electrons. The highest BCUT2D eigenvalue weighted by Crippen LogP contribution is 2.12. The highest BCUT2D eigenvalue weighted by molar-refractivity contribution is 7.42. The topological polar surface area (TPSA) is 38.9 Å². The predicted octanol–water partition coefficient (Wildman–Crippen LogP) is 0.534. The standard InChI is InChI=1S/C4H7N2PS/c1-2-3(5)6-4(7)8-2/h5,7H2,1H3. The third kappa shape index (κ3) is 0.984. The van der Waals surface area contributed by atoms with Gasteiger partial charge in [-0.15, -0.1) is 11.3 Å². The second-order valence-corrected chi connectivity index (χ2v) is 3.69. The Morgan fingerprint density at radius 1 is 1.75 bits per heavy atom. The number of aromatic nitrogens is 1. The van der Waals surface area contributed by atoms with Crippen molar-refractivity contribution in [3.05, 3.63) is 4.88 Å². The molecule has 0 aromatic carbocycles. The molecule has 0 aliphatic carbocycles. The van der Waals surface area contributed by atoms with Crippen molar-refractivity contribution in [1.82, 2.24) is 4.98 Å². The molecule has 1 unspecified atom stereocenters. The van der Waals surface area contributed by atoms with Crippen LogP contribution < -0.4 is 10.5 Å². The van der Waals surface area contributed by atoms with Crippen LogP contribution in [0.1, 0.15) is 4.88 Å². The zero-order valence-corrected chi connectivity index (χ0v) is 6.48. The van der Waals surface area contributed by atoms with Crippen LogP contribution in [0.25, 0.3) is 0 Å². The first-order chi connectivity index (χ1) is 3.70. The summed E-state index contributed by atoms with van der Waals surface area (Å²) in [6.07, 6.45) is 0. The fourth-order valence-electron chi connectivity index (χ4n) is 0.429. The molecule has 0 saturated carbocycles. The lowest BCUT2D eigenvalue weighted by Crippen LogP contribution is -1.90. The van der Waals surface area contributed by atoms with Crippen molar-refractivity contribution in [2.24, 2.45) is 0 Å². The lowest BCUT2D eigenvalue weighted by molar-refractivity contribution is 1.43. The van der Waals surface area contributed by atoms with Crippen molar-refractivity contribution < 1.29 is 0 Å². The summed E-state index contributed by atoms with van der Waals surface area (Å²) in [4.78, 5) is 5.06. The van der Waals surface area contributed by atoms with Crippen molar-refractivity contribution >= 4 is 31.1 Å². The molecule has 0 aliphatic heterocycles. The largest absolute Gasteiger partial charge is 0.383 e. The summed E-state index contributed by atoms with van der Waals surface area (Å²) < 4.78 is 0.958. The van der Waals surface area contributed by atoms with Gasteiger partial charge in [0.1, 0.15) is 10.6 Å². The number of rotatable bonds is 0. The van der Waals surface area contributed by atoms with Gasteiger partial charge in [-0.05, 0) is 6.92 Å². The highest BCUT2D eigenvalue weighted by Gasteiger charge is 1.96. The number of hydrogen-bond donors (Lipinski definition) is 1. The monoisotopic (exact) mass is 146 g/mol. The van der Waals surface area contributed by atoms with Crippen LogP contribution in [0.3, 0.4) is 0 Å². The molecule has 8 heavy (non-hydrogen) atoms. The van der Waals surface area contributed by atoms with Crippen LogP contribution in [0.15, 0.2) is 0 Å². The Morgan fingerprint density at radius 3 is 2.50 bits per heavy atom. The quantitative estimate of drug-likeness (QED) is 0.542. The molecular formula is C4H7N2PS. The van der Waals surface area contributed by atoms with Crippen molar-refractivity contribution in [3.63, 3.8) is 0 Å². The van der Waals surface area contributed by atoms with Crippen molar-refractivity contribution in [3.8, 4) is 0 Å². The molecule has 1 atom stereocenters. The third-order valence-corrected chi connectivity index (χ3v) is 2.15. The van der Waals surface area contributed by atoms with E-state index in [1.165, 1.54) is 0 Å². The molecule has 1 aromatic heterocycles. The van der Waals surface area contributed by atoms with Crippen molar-refractivity contribution in [2.45, 2.75) is 6.92 Å². The SMILES string of the molecule is Cc1sc(P)nc1N. The van der Waals surface area contributed by atoms with E-state index in [0.29, 0.717) is 5.82 Å². The first kappa shape index (κ1) is 5.99. The van der Waals surface area contributed by atoms with Gasteiger partial charge in [0.2, 0.25) is 0 Å². The number of hydrogen-bond acceptors (Lipinski definition) is 3. The Bertz CT molecular complexity index is 176. The van der Waals surface area contributed by atoms with Crippen molar-refractivity contribution in [1.29, 1.82) is 0 Å². The summed E-state index contributed by atoms with van der Waals surface area (Å²) in [5, 5.41) is 0. The summed E-state index contributed by atoms with van der Waals surface area (Å²) in [5.74, 6) is 0.653. The number of aryl methyl sites for hydroxylation is 1. The van der Waals surface area contributed by atoms with Gasteiger partial charge in [0.15, 0.2) is 0 Å². The Labute approximate surface area is 54.3 Å². The van der Waals surface area contributed by atoms with Gasteiger partial charge in [-0.1, -0.05) is 9.24 Å². The van der Waals surface area contributed by atoms with E-state index < -0.39 is 0 Å². The molecule has 2 nitrogen and oxygen atoms in total. The Morgan fingerprint density at radius 2 is 2.38 bits per heavy atom. The minimum Gasteiger partial charge on any atom is -0.383 e. The van der Waals surface area contributed by atoms with Crippen LogP contribution in [-0.4, -0.2) is 4.98 Å². The zero-order chi connectivity index (χ0) is 6.15. The average molecular weight is 146 g/mol. The van der Waals surface area contributed by atoms with E-state index in [0.717, 1.165) is 9.63 Å². The van der Waals surface area contributed by atoms with Crippen LogP contribution in [0.4, 0.5) is 5.82 Å². The number of nitrogen functional groups attached to an aromatic ring is 1. The van der Waals surface area contributed by atoms with Crippen LogP contribution in [0, 0.1) is 6.92 Å². The molecule has 0 amide bonds. The van der Waals surface area contributed by atoms with Gasteiger partial charge in [0.05, 0.1) is 0 Å². The van der Waals surface area contributed by atoms with Gasteiger partial charge in [0, 0.05) is 4.88 Å². The molecule has 1 aromatic rings. The summed E-state index contributed by atoms with van der Waals surface area (Å²) in [5.41, 5.74) is 5.43. The molecule has 0 aliphatic rings. The smallest absolute Gasteiger partial charge is 0.138 e. The van der Waals surface area contributed by atoms with E-state index >= 15 is 0 Å². The summed E-state index contributed by atoms with van der Waals surface area (Å²) in [6.45, 7) is 1.96. The highest BCUT2D eigenvalue weighted by atomic mass is 32.1. The molecule has 0 radical (unpaired) electrons. The summed E-state index contributed by atoms with van der Waals surface area (Å²) in [6, 6.07) is 0. The Balaban J connectivity index is 3.14. The second-order valence-electron chi connectivity index (χ2n) is 1.49. The fourth-order valence-corrected chi connectivity index (χ4v) is 1.71. The molecule has 0 bridgehead atoms. The van der Waals surface area contributed by atoms with Gasteiger partial charge in [-0.3, -0.25) is 0 Å². The number of anilines is 1. The molecule has 1 heterocycles. The molecule has 2 N–H and O–H groups in total. The van der Waals surface area contributed by atoms with Crippen LogP contribution >= 0.6 is 20.6 Å². The maximum Gasteiger partial charge on any atom is 0.138 e. The van der Waals surface area contributed by atoms with Crippen LogP contribution in [0.5, 0.6) is 0 Å². The number of thiazole rings is 1. The van der Waals surface area contributed by atoms with E-state index in [-0.39, 0.29) is 0 Å². The first-order valence-corrected chi connectivity index (χ1v) is 3.58. The van der Waals surface area contributed by atoms with E-state index in [2.05, 4.69) is 14.2 Å². The molecule has 0 spiro atoms. The van der Waals surface area contributed by atoms with Crippen molar-refractivity contribution in [2.75, 3.05) is 5.73 Å². The number of nitrogens with two attached hydrogens (primary N) is 1. The maximum absolute atomic E-state index is 5.43. The van der Waals surface area contributed by atoms with E-state index in [4.69, 9.17) is 5.73 Å². The minimum absolute atomic E-state index is 0.653. The van der Waals surface area contributed by atoms with E-state index in [1.54, 1.807) is 11.3 Å². The first-order valence-electron chi connectivity index (χ1n) is 2.18. The van der Waals surface area contributed by atoms with Gasteiger partial charge >= 0.3 is 0 Å². The third-order valence-electron chi connectivity index (χ3n) is 0.849. The van der Waals surface area contributed by atoms with Crippen LogP contribution in [0.2, 0.25) is 0 Å². The van der Waals surface area contributed by atoms with Gasteiger partial charge in [0.25, 0.3) is 0 Å². The van der Waals surface area contributed by atoms with E-state index in [9.17, 15) is 0 Å². The number of nitrogens with zero attached hydrogens (tertiary/aromatic N) is 1. The summed E-state index contributed by atoms with van der Waals surface area (Å²) >= 11 is 1.60. The molecule has 0 saturated heterocycles. The molecular weight excluding hydrogens is 139 g/mol. The predicted molar refractivity (Wildman–Crippen MR) is 40.6 cm³/mol. The van der Waals surface area contributed by atoms with Gasteiger partial charge in [-0.2, -0.15) is 0 Å². The lowest BCUT2D eigenvalue weighted by Gasteiger charge is -1.78. The Hall–Kier alpha value is -0.140. The minimum atomic E-state index is 0.653. The maximum atomic E-state index is 5.43. The normalized spacial score (nSPS) is 9.75. The van der Waals surface area contributed by atoms with Gasteiger partial charge < -0.3 is 5.73 Å². The Kier molecular flexibility index (Phi) is 1.49. The van der Waals surface area contributed by atoms with Gasteiger partial charge in [-0.25, -0.2) is 4.98 Å². The summed E-state index contributed by atoms with van der Waals surface area (Å²) in [7, 11) is 2.51. The second kappa shape index (κ2) is 2.00. The molecule has 0 fully saturated rings. The van der Waals surface area contributed by atoms with Crippen LogP contribution in [-0.2, 0) is 0 Å². The molecule has 4 heteroatoms. The zero-order valence-electron chi connectivity index (χ0n) is 4.51. The fraction of sp³-hybridized carbons (Fsp3) is 0.250. The lowest BCUT2D eigenvalue weighted by atomic mass is 10.6. The van der Waals surface area contributed by atoms with E-state index in [1.807, 2.05) is 6.92 Å². The molecule has 1 rings (SSSR count). The average Bonchev–Trinajstić information content (AvgIpc) is 1.85.